The molecular weight excluding hydrogens is 432 g/mol. The molecular formula is C23H23ClN4O2S. The van der Waals surface area contributed by atoms with Crippen LogP contribution in [0.2, 0.25) is 5.02 Å². The number of nitrogens with one attached hydrogen (secondary N) is 1. The van der Waals surface area contributed by atoms with Crippen LogP contribution in [0.3, 0.4) is 0 Å². The van der Waals surface area contributed by atoms with Crippen LogP contribution in [0.1, 0.15) is 16.8 Å². The van der Waals surface area contributed by atoms with Gasteiger partial charge >= 0.3 is 0 Å². The summed E-state index contributed by atoms with van der Waals surface area (Å²) in [6, 6.07) is 13.5. The normalized spacial score (nSPS) is 15.0. The molecule has 1 aliphatic rings. The summed E-state index contributed by atoms with van der Waals surface area (Å²) in [5.41, 5.74) is 2.48. The maximum Gasteiger partial charge on any atom is 0.262 e. The summed E-state index contributed by atoms with van der Waals surface area (Å²) >= 11 is 7.67. The number of aromatic amines is 1. The summed E-state index contributed by atoms with van der Waals surface area (Å²) in [6.45, 7) is 4.96. The van der Waals surface area contributed by atoms with Gasteiger partial charge in [0.15, 0.2) is 5.13 Å². The third-order valence-electron chi connectivity index (χ3n) is 5.59. The van der Waals surface area contributed by atoms with Crippen molar-refractivity contribution < 1.29 is 9.53 Å². The molecule has 1 aliphatic heterocycles. The van der Waals surface area contributed by atoms with Gasteiger partial charge in [-0.3, -0.25) is 14.6 Å². The van der Waals surface area contributed by atoms with Crippen LogP contribution in [0.25, 0.3) is 21.1 Å². The van der Waals surface area contributed by atoms with E-state index in [-0.39, 0.29) is 5.91 Å². The molecule has 1 amide bonds. The molecule has 2 aromatic heterocycles. The van der Waals surface area contributed by atoms with Crippen LogP contribution in [-0.4, -0.2) is 60.2 Å². The number of fused-ring (bicyclic) bond motifs is 2. The monoisotopic (exact) mass is 454 g/mol. The van der Waals surface area contributed by atoms with Crippen LogP contribution in [0, 0.1) is 0 Å². The third kappa shape index (κ3) is 4.32. The number of H-pyrrole nitrogens is 1. The molecule has 0 unspecified atom stereocenters. The zero-order valence-electron chi connectivity index (χ0n) is 17.0. The number of hydrogen-bond acceptors (Lipinski definition) is 5. The number of anilines is 1. The van der Waals surface area contributed by atoms with Crippen molar-refractivity contribution in [3.63, 3.8) is 0 Å². The summed E-state index contributed by atoms with van der Waals surface area (Å²) in [5.74, 6) is -0.0374. The first-order valence-electron chi connectivity index (χ1n) is 10.4. The van der Waals surface area contributed by atoms with Gasteiger partial charge in [-0.1, -0.05) is 41.1 Å². The molecule has 1 N–H and O–H groups in total. The van der Waals surface area contributed by atoms with E-state index < -0.39 is 0 Å². The van der Waals surface area contributed by atoms with E-state index in [0.29, 0.717) is 22.3 Å². The van der Waals surface area contributed by atoms with Crippen molar-refractivity contribution in [3.8, 4) is 0 Å². The third-order valence-corrected chi connectivity index (χ3v) is 6.87. The molecule has 0 bridgehead atoms. The standard InChI is InChI=1S/C23H23ClN4O2S/c24-16-6-7-20-21(14-16)31-23(26-20)28(9-3-8-27-10-12-30-13-11-27)22(29)18-15-25-19-5-2-1-4-17(18)19/h1-2,4-7,14-15,25H,3,8-13H2. The Bertz CT molecular complexity index is 1210. The average Bonchev–Trinajstić information content (AvgIpc) is 3.41. The average molecular weight is 455 g/mol. The highest BCUT2D eigenvalue weighted by Gasteiger charge is 2.24. The van der Waals surface area contributed by atoms with E-state index in [0.717, 1.165) is 60.4 Å². The number of amides is 1. The van der Waals surface area contributed by atoms with E-state index in [1.165, 1.54) is 11.3 Å². The number of nitrogens with zero attached hydrogens (tertiary/aromatic N) is 3. The van der Waals surface area contributed by atoms with Gasteiger partial charge in [0.05, 0.1) is 29.0 Å². The van der Waals surface area contributed by atoms with E-state index in [2.05, 4.69) is 9.88 Å². The Morgan fingerprint density at radius 1 is 1.23 bits per heavy atom. The maximum absolute atomic E-state index is 13.7. The number of carbonyl (C=O) groups is 1. The first kappa shape index (κ1) is 20.5. The molecule has 4 aromatic rings. The molecule has 160 valence electrons. The predicted molar refractivity (Wildman–Crippen MR) is 126 cm³/mol. The summed E-state index contributed by atoms with van der Waals surface area (Å²) in [6.07, 6.45) is 2.66. The summed E-state index contributed by atoms with van der Waals surface area (Å²) in [4.78, 5) is 25.8. The largest absolute Gasteiger partial charge is 0.379 e. The molecule has 0 radical (unpaired) electrons. The number of aromatic nitrogens is 2. The van der Waals surface area contributed by atoms with Crippen LogP contribution >= 0.6 is 22.9 Å². The Kier molecular flexibility index (Phi) is 5.91. The van der Waals surface area contributed by atoms with Crippen molar-refractivity contribution in [1.29, 1.82) is 0 Å². The molecule has 5 rings (SSSR count). The quantitative estimate of drug-likeness (QED) is 0.454. The lowest BCUT2D eigenvalue weighted by Gasteiger charge is -2.27. The Balaban J connectivity index is 1.44. The van der Waals surface area contributed by atoms with Crippen LogP contribution in [0.15, 0.2) is 48.7 Å². The Morgan fingerprint density at radius 3 is 2.94 bits per heavy atom. The fourth-order valence-corrected chi connectivity index (χ4v) is 5.22. The van der Waals surface area contributed by atoms with Gasteiger partial charge in [-0.05, 0) is 30.7 Å². The number of halogens is 1. The summed E-state index contributed by atoms with van der Waals surface area (Å²) < 4.78 is 6.42. The molecule has 1 saturated heterocycles. The first-order valence-corrected chi connectivity index (χ1v) is 11.6. The van der Waals surface area contributed by atoms with Gasteiger partial charge in [0.1, 0.15) is 0 Å². The summed E-state index contributed by atoms with van der Waals surface area (Å²) in [7, 11) is 0. The molecule has 0 aliphatic carbocycles. The molecule has 0 atom stereocenters. The molecule has 31 heavy (non-hydrogen) atoms. The van der Waals surface area contributed by atoms with Gasteiger partial charge in [-0.15, -0.1) is 0 Å². The fraction of sp³-hybridized carbons (Fsp3) is 0.304. The van der Waals surface area contributed by atoms with Gasteiger partial charge < -0.3 is 9.72 Å². The number of para-hydroxylation sites is 1. The lowest BCUT2D eigenvalue weighted by atomic mass is 10.1. The fourth-order valence-electron chi connectivity index (χ4n) is 3.96. The first-order chi connectivity index (χ1) is 15.2. The van der Waals surface area contributed by atoms with Gasteiger partial charge in [0.25, 0.3) is 5.91 Å². The van der Waals surface area contributed by atoms with Crippen molar-refractivity contribution in [1.82, 2.24) is 14.9 Å². The van der Waals surface area contributed by atoms with Crippen molar-refractivity contribution in [2.24, 2.45) is 0 Å². The van der Waals surface area contributed by atoms with E-state index in [1.54, 1.807) is 6.20 Å². The van der Waals surface area contributed by atoms with E-state index >= 15 is 0 Å². The van der Waals surface area contributed by atoms with Crippen molar-refractivity contribution >= 4 is 55.1 Å². The van der Waals surface area contributed by atoms with Crippen LogP contribution in [0.5, 0.6) is 0 Å². The minimum absolute atomic E-state index is 0.0374. The molecule has 2 aromatic carbocycles. The van der Waals surface area contributed by atoms with Gasteiger partial charge in [-0.25, -0.2) is 4.98 Å². The second-order valence-corrected chi connectivity index (χ2v) is 9.07. The van der Waals surface area contributed by atoms with Crippen LogP contribution < -0.4 is 4.90 Å². The lowest BCUT2D eigenvalue weighted by Crippen LogP contribution is -2.39. The smallest absolute Gasteiger partial charge is 0.262 e. The topological polar surface area (TPSA) is 61.5 Å². The number of morpholine rings is 1. The molecule has 6 nitrogen and oxygen atoms in total. The van der Waals surface area contributed by atoms with E-state index in [4.69, 9.17) is 21.3 Å². The number of thiazole rings is 1. The lowest BCUT2D eigenvalue weighted by molar-refractivity contribution is 0.0376. The minimum Gasteiger partial charge on any atom is -0.379 e. The number of hydrogen-bond donors (Lipinski definition) is 1. The highest BCUT2D eigenvalue weighted by atomic mass is 35.5. The van der Waals surface area contributed by atoms with Crippen LogP contribution in [-0.2, 0) is 4.74 Å². The number of rotatable bonds is 6. The number of ether oxygens (including phenoxy) is 1. The Hall–Kier alpha value is -2.45. The predicted octanol–water partition coefficient (Wildman–Crippen LogP) is 4.80. The van der Waals surface area contributed by atoms with Crippen molar-refractivity contribution in [3.05, 3.63) is 59.2 Å². The van der Waals surface area contributed by atoms with E-state index in [9.17, 15) is 4.79 Å². The second kappa shape index (κ2) is 8.96. The minimum atomic E-state index is -0.0374. The number of carbonyl (C=O) groups excluding carboxylic acids is 1. The van der Waals surface area contributed by atoms with Gasteiger partial charge in [0, 0.05) is 48.3 Å². The summed E-state index contributed by atoms with van der Waals surface area (Å²) in [5, 5.41) is 2.30. The molecule has 3 heterocycles. The molecule has 1 fully saturated rings. The van der Waals surface area contributed by atoms with E-state index in [1.807, 2.05) is 47.4 Å². The van der Waals surface area contributed by atoms with Gasteiger partial charge in [-0.2, -0.15) is 0 Å². The second-order valence-electron chi connectivity index (χ2n) is 7.62. The SMILES string of the molecule is O=C(c1c[nH]c2ccccc12)N(CCCN1CCOCC1)c1nc2ccc(Cl)cc2s1. The zero-order valence-corrected chi connectivity index (χ0v) is 18.6. The van der Waals surface area contributed by atoms with Crippen molar-refractivity contribution in [2.75, 3.05) is 44.3 Å². The van der Waals surface area contributed by atoms with Crippen LogP contribution in [0.4, 0.5) is 5.13 Å². The number of benzene rings is 2. The molecule has 8 heteroatoms. The molecule has 0 saturated carbocycles. The maximum atomic E-state index is 13.7. The highest BCUT2D eigenvalue weighted by molar-refractivity contribution is 7.22. The highest BCUT2D eigenvalue weighted by Crippen LogP contribution is 2.32. The zero-order chi connectivity index (χ0) is 21.2. The molecule has 0 spiro atoms. The Labute approximate surface area is 189 Å². The van der Waals surface area contributed by atoms with Crippen molar-refractivity contribution in [2.45, 2.75) is 6.42 Å². The van der Waals surface area contributed by atoms with Gasteiger partial charge in [0.2, 0.25) is 0 Å². The Morgan fingerprint density at radius 2 is 2.06 bits per heavy atom.